The summed E-state index contributed by atoms with van der Waals surface area (Å²) >= 11 is 0. The number of halogens is 3. The van der Waals surface area contributed by atoms with Crippen LogP contribution >= 0.6 is 37.2 Å². The second kappa shape index (κ2) is 15.1. The van der Waals surface area contributed by atoms with Gasteiger partial charge in [-0.3, -0.25) is 9.59 Å². The molecule has 37 heavy (non-hydrogen) atoms. The van der Waals surface area contributed by atoms with E-state index >= 15 is 0 Å². The first-order valence-corrected chi connectivity index (χ1v) is 11.6. The number of piperazine rings is 1. The molecule has 0 aliphatic carbocycles. The molecule has 1 aliphatic heterocycles. The minimum Gasteiger partial charge on any atom is -0.463 e. The van der Waals surface area contributed by atoms with Crippen LogP contribution < -0.4 is 11.1 Å². The normalized spacial score (nSPS) is 14.6. The highest BCUT2D eigenvalue weighted by atomic mass is 35.5. The maximum absolute atomic E-state index is 12.6. The van der Waals surface area contributed by atoms with E-state index in [1.54, 1.807) is 12.3 Å². The summed E-state index contributed by atoms with van der Waals surface area (Å²) in [7, 11) is 2.09. The van der Waals surface area contributed by atoms with Crippen LogP contribution in [0.4, 0.5) is 5.69 Å². The van der Waals surface area contributed by atoms with E-state index in [9.17, 15) is 9.59 Å². The average Bonchev–Trinajstić information content (AvgIpc) is 3.25. The van der Waals surface area contributed by atoms with Gasteiger partial charge in [0.1, 0.15) is 12.6 Å². The Morgan fingerprint density at radius 2 is 1.81 bits per heavy atom. The van der Waals surface area contributed by atoms with Crippen LogP contribution in [0, 0.1) is 6.92 Å². The van der Waals surface area contributed by atoms with E-state index in [1.807, 2.05) is 48.0 Å². The number of ether oxygens (including phenoxy) is 1. The number of nitrogens with zero attached hydrogens (tertiary/aromatic N) is 4. The predicted octanol–water partition coefficient (Wildman–Crippen LogP) is 3.05. The molecule has 1 saturated heterocycles. The number of aromatic nitrogens is 2. The number of fused-ring (bicyclic) bond motifs is 1. The lowest BCUT2D eigenvalue weighted by Crippen LogP contribution is -2.45. The molecule has 0 bridgehead atoms. The fourth-order valence-electron chi connectivity index (χ4n) is 3.95. The molecular formula is C25H35Cl3N6O3. The Labute approximate surface area is 235 Å². The van der Waals surface area contributed by atoms with Crippen molar-refractivity contribution in [3.63, 3.8) is 0 Å². The van der Waals surface area contributed by atoms with Crippen LogP contribution in [0.15, 0.2) is 48.7 Å². The van der Waals surface area contributed by atoms with Crippen molar-refractivity contribution in [1.29, 1.82) is 0 Å². The molecule has 1 fully saturated rings. The molecule has 0 radical (unpaired) electrons. The van der Waals surface area contributed by atoms with Crippen molar-refractivity contribution in [2.24, 2.45) is 5.73 Å². The van der Waals surface area contributed by atoms with E-state index in [1.165, 1.54) is 0 Å². The Kier molecular flexibility index (Phi) is 13.3. The summed E-state index contributed by atoms with van der Waals surface area (Å²) in [5, 5.41) is 8.25. The van der Waals surface area contributed by atoms with Crippen molar-refractivity contribution in [2.75, 3.05) is 51.7 Å². The second-order valence-electron chi connectivity index (χ2n) is 8.84. The molecule has 3 N–H and O–H groups in total. The smallest absolute Gasteiger partial charge is 0.307 e. The minimum atomic E-state index is -0.954. The largest absolute Gasteiger partial charge is 0.463 e. The molecule has 4 rings (SSSR count). The Balaban J connectivity index is 0.00000228. The van der Waals surface area contributed by atoms with Gasteiger partial charge in [0.05, 0.1) is 23.8 Å². The molecule has 1 aliphatic rings. The monoisotopic (exact) mass is 572 g/mol. The number of likely N-dealkylation sites (N-methyl/N-ethyl adjacent to an activating group) is 1. The Bertz CT molecular complexity index is 1170. The Hall–Kier alpha value is -2.40. The quantitative estimate of drug-likeness (QED) is 0.399. The molecule has 0 spiro atoms. The van der Waals surface area contributed by atoms with Gasteiger partial charge in [0.15, 0.2) is 0 Å². The number of hydrogen-bond donors (Lipinski definition) is 2. The number of benzene rings is 2. The van der Waals surface area contributed by atoms with Crippen molar-refractivity contribution < 1.29 is 14.3 Å². The number of amides is 1. The SMILES string of the molecule is Cc1cccc(-n2ncc3ccc(NC(=O)[C@@H](N)COC(=O)CCN4CCN(C)CC4)cc32)c1.Cl.Cl.Cl. The van der Waals surface area contributed by atoms with Gasteiger partial charge in [-0.2, -0.15) is 5.10 Å². The van der Waals surface area contributed by atoms with Gasteiger partial charge in [-0.15, -0.1) is 37.2 Å². The first-order chi connectivity index (χ1) is 16.4. The van der Waals surface area contributed by atoms with E-state index in [-0.39, 0.29) is 56.2 Å². The highest BCUT2D eigenvalue weighted by Crippen LogP contribution is 2.22. The number of nitrogens with two attached hydrogens (primary N) is 1. The van der Waals surface area contributed by atoms with Gasteiger partial charge in [0.25, 0.3) is 0 Å². The van der Waals surface area contributed by atoms with Gasteiger partial charge in [-0.05, 0) is 49.9 Å². The van der Waals surface area contributed by atoms with E-state index < -0.39 is 11.9 Å². The fourth-order valence-corrected chi connectivity index (χ4v) is 3.95. The molecule has 0 saturated carbocycles. The summed E-state index contributed by atoms with van der Waals surface area (Å²) in [5.41, 5.74) is 9.52. The molecule has 1 amide bonds. The van der Waals surface area contributed by atoms with Crippen molar-refractivity contribution >= 4 is 65.7 Å². The number of hydrogen-bond acceptors (Lipinski definition) is 7. The summed E-state index contributed by atoms with van der Waals surface area (Å²) < 4.78 is 7.08. The maximum Gasteiger partial charge on any atom is 0.307 e. The van der Waals surface area contributed by atoms with Crippen LogP contribution in [0.2, 0.25) is 0 Å². The Morgan fingerprint density at radius 1 is 1.08 bits per heavy atom. The third kappa shape index (κ3) is 8.84. The van der Waals surface area contributed by atoms with Gasteiger partial charge < -0.3 is 25.6 Å². The average molecular weight is 574 g/mol. The number of rotatable bonds is 8. The first-order valence-electron chi connectivity index (χ1n) is 11.6. The van der Waals surface area contributed by atoms with Crippen LogP contribution in [0.5, 0.6) is 0 Å². The van der Waals surface area contributed by atoms with Crippen LogP contribution in [0.25, 0.3) is 16.6 Å². The van der Waals surface area contributed by atoms with Crippen molar-refractivity contribution in [3.8, 4) is 5.69 Å². The van der Waals surface area contributed by atoms with E-state index in [4.69, 9.17) is 10.5 Å². The second-order valence-corrected chi connectivity index (χ2v) is 8.84. The van der Waals surface area contributed by atoms with E-state index in [0.717, 1.165) is 48.3 Å². The number of aryl methyl sites for hydroxylation is 1. The van der Waals surface area contributed by atoms with Gasteiger partial charge >= 0.3 is 5.97 Å². The maximum atomic E-state index is 12.6. The molecule has 2 heterocycles. The zero-order chi connectivity index (χ0) is 24.1. The molecule has 12 heteroatoms. The number of nitrogens with one attached hydrogen (secondary N) is 1. The zero-order valence-corrected chi connectivity index (χ0v) is 23.4. The molecule has 2 aromatic carbocycles. The molecule has 0 unspecified atom stereocenters. The van der Waals surface area contributed by atoms with Gasteiger partial charge in [0, 0.05) is 43.8 Å². The summed E-state index contributed by atoms with van der Waals surface area (Å²) in [6.45, 7) is 6.41. The molecular weight excluding hydrogens is 539 g/mol. The highest BCUT2D eigenvalue weighted by Gasteiger charge is 2.19. The van der Waals surface area contributed by atoms with Crippen LogP contribution in [0.1, 0.15) is 12.0 Å². The fraction of sp³-hybridized carbons (Fsp3) is 0.400. The van der Waals surface area contributed by atoms with E-state index in [0.29, 0.717) is 12.2 Å². The van der Waals surface area contributed by atoms with Crippen LogP contribution in [0.3, 0.4) is 0 Å². The lowest BCUT2D eigenvalue weighted by atomic mass is 10.2. The van der Waals surface area contributed by atoms with Gasteiger partial charge in [-0.25, -0.2) is 4.68 Å². The lowest BCUT2D eigenvalue weighted by Gasteiger charge is -2.32. The summed E-state index contributed by atoms with van der Waals surface area (Å²) in [6.07, 6.45) is 2.08. The summed E-state index contributed by atoms with van der Waals surface area (Å²) in [4.78, 5) is 29.2. The first kappa shape index (κ1) is 32.6. The van der Waals surface area contributed by atoms with E-state index in [2.05, 4.69) is 27.3 Å². The zero-order valence-electron chi connectivity index (χ0n) is 21.0. The summed E-state index contributed by atoms with van der Waals surface area (Å²) in [6, 6.07) is 12.6. The summed E-state index contributed by atoms with van der Waals surface area (Å²) in [5.74, 6) is -0.751. The molecule has 1 aromatic heterocycles. The number of esters is 1. The topological polar surface area (TPSA) is 106 Å². The van der Waals surface area contributed by atoms with Crippen LogP contribution in [-0.2, 0) is 14.3 Å². The number of carbonyl (C=O) groups excluding carboxylic acids is 2. The molecule has 1 atom stereocenters. The van der Waals surface area contributed by atoms with Crippen molar-refractivity contribution in [3.05, 3.63) is 54.2 Å². The molecule has 3 aromatic rings. The molecule has 9 nitrogen and oxygen atoms in total. The number of carbonyl (C=O) groups is 2. The van der Waals surface area contributed by atoms with Gasteiger partial charge in [0.2, 0.25) is 5.91 Å². The third-order valence-corrected chi connectivity index (χ3v) is 6.07. The van der Waals surface area contributed by atoms with Crippen molar-refractivity contribution in [2.45, 2.75) is 19.4 Å². The number of anilines is 1. The highest BCUT2D eigenvalue weighted by molar-refractivity contribution is 5.97. The van der Waals surface area contributed by atoms with Gasteiger partial charge in [-0.1, -0.05) is 12.1 Å². The lowest BCUT2D eigenvalue weighted by molar-refractivity contribution is -0.145. The predicted molar refractivity (Wildman–Crippen MR) is 154 cm³/mol. The third-order valence-electron chi connectivity index (χ3n) is 6.07. The van der Waals surface area contributed by atoms with Crippen molar-refractivity contribution in [1.82, 2.24) is 19.6 Å². The van der Waals surface area contributed by atoms with Crippen LogP contribution in [-0.4, -0.2) is 83.9 Å². The Morgan fingerprint density at radius 3 is 2.51 bits per heavy atom. The standard InChI is InChI=1S/C25H32N6O3.3ClH/c1-18-4-3-5-21(14-18)31-23-15-20(7-6-19(23)16-27-31)28-25(33)22(26)17-34-24(32)8-9-30-12-10-29(2)11-13-30;;;/h3-7,14-16,22H,8-13,17,26H2,1-2H3,(H,28,33);3*1H/t22-;;;/m0.../s1. The molecule has 204 valence electrons. The minimum absolute atomic E-state index is 0.